The lowest BCUT2D eigenvalue weighted by Gasteiger charge is -2.40. The lowest BCUT2D eigenvalue weighted by atomic mass is 9.86. The third-order valence-corrected chi connectivity index (χ3v) is 5.15. The maximum atomic E-state index is 12.3. The molecule has 27 heavy (non-hydrogen) atoms. The van der Waals surface area contributed by atoms with Gasteiger partial charge < -0.3 is 5.11 Å². The molecule has 1 atom stereocenters. The van der Waals surface area contributed by atoms with Gasteiger partial charge in [-0.3, -0.25) is 19.4 Å². The number of aliphatic hydroxyl groups excluding tert-OH is 1. The lowest BCUT2D eigenvalue weighted by molar-refractivity contribution is -0.119. The van der Waals surface area contributed by atoms with Crippen LogP contribution in [0.5, 0.6) is 0 Å². The molecule has 1 N–H and O–H groups in total. The molecule has 1 saturated heterocycles. The average molecular weight is 375 g/mol. The SMILES string of the molecule is CC(=O)CN1CCN(CCCc2ccc(C(=O)C(C)(C)C)cc2)[C@@H](CO)C1. The fourth-order valence-electron chi connectivity index (χ4n) is 3.63. The van der Waals surface area contributed by atoms with Gasteiger partial charge in [0, 0.05) is 36.7 Å². The van der Waals surface area contributed by atoms with E-state index in [1.165, 1.54) is 5.56 Å². The molecule has 150 valence electrons. The van der Waals surface area contributed by atoms with Gasteiger partial charge in [-0.1, -0.05) is 45.0 Å². The molecule has 0 aliphatic carbocycles. The first-order chi connectivity index (χ1) is 12.7. The Labute approximate surface area is 163 Å². The summed E-state index contributed by atoms with van der Waals surface area (Å²) in [6, 6.07) is 8.06. The van der Waals surface area contributed by atoms with Gasteiger partial charge in [0.1, 0.15) is 5.78 Å². The molecule has 1 aromatic rings. The number of Topliss-reactive ketones (excluding diaryl/α,β-unsaturated/α-hetero) is 2. The summed E-state index contributed by atoms with van der Waals surface area (Å²) < 4.78 is 0. The van der Waals surface area contributed by atoms with Gasteiger partial charge in [0.25, 0.3) is 0 Å². The van der Waals surface area contributed by atoms with Crippen LogP contribution in [0, 0.1) is 5.41 Å². The van der Waals surface area contributed by atoms with Gasteiger partial charge in [-0.25, -0.2) is 0 Å². The van der Waals surface area contributed by atoms with Crippen molar-refractivity contribution in [2.45, 2.75) is 46.6 Å². The van der Waals surface area contributed by atoms with E-state index in [2.05, 4.69) is 9.80 Å². The van der Waals surface area contributed by atoms with E-state index in [0.717, 1.165) is 44.6 Å². The monoisotopic (exact) mass is 374 g/mol. The van der Waals surface area contributed by atoms with Crippen molar-refractivity contribution >= 4 is 11.6 Å². The second-order valence-corrected chi connectivity index (χ2v) is 8.69. The molecule has 1 aliphatic rings. The van der Waals surface area contributed by atoms with Crippen molar-refractivity contribution in [3.05, 3.63) is 35.4 Å². The fourth-order valence-corrected chi connectivity index (χ4v) is 3.63. The van der Waals surface area contributed by atoms with Gasteiger partial charge in [0.15, 0.2) is 5.78 Å². The van der Waals surface area contributed by atoms with Crippen molar-refractivity contribution < 1.29 is 14.7 Å². The van der Waals surface area contributed by atoms with Crippen molar-refractivity contribution in [1.82, 2.24) is 9.80 Å². The van der Waals surface area contributed by atoms with Gasteiger partial charge in [0.05, 0.1) is 13.2 Å². The number of carbonyl (C=O) groups excluding carboxylic acids is 2. The van der Waals surface area contributed by atoms with E-state index in [0.29, 0.717) is 6.54 Å². The Kier molecular flexibility index (Phi) is 7.71. The highest BCUT2D eigenvalue weighted by Crippen LogP contribution is 2.21. The van der Waals surface area contributed by atoms with Gasteiger partial charge in [0.2, 0.25) is 0 Å². The summed E-state index contributed by atoms with van der Waals surface area (Å²) in [5.41, 5.74) is 1.65. The molecule has 0 bridgehead atoms. The van der Waals surface area contributed by atoms with E-state index in [-0.39, 0.29) is 29.6 Å². The van der Waals surface area contributed by atoms with Crippen LogP contribution in [0.1, 0.15) is 50.0 Å². The van der Waals surface area contributed by atoms with Crippen molar-refractivity contribution in [3.8, 4) is 0 Å². The molecule has 0 spiro atoms. The van der Waals surface area contributed by atoms with Crippen molar-refractivity contribution in [3.63, 3.8) is 0 Å². The molecule has 1 fully saturated rings. The largest absolute Gasteiger partial charge is 0.395 e. The molecular formula is C22H34N2O3. The zero-order chi connectivity index (χ0) is 20.0. The third kappa shape index (κ3) is 6.52. The van der Waals surface area contributed by atoms with Gasteiger partial charge >= 0.3 is 0 Å². The highest BCUT2D eigenvalue weighted by atomic mass is 16.3. The van der Waals surface area contributed by atoms with Crippen LogP contribution in [0.2, 0.25) is 0 Å². The highest BCUT2D eigenvalue weighted by molar-refractivity contribution is 5.99. The summed E-state index contributed by atoms with van der Waals surface area (Å²) in [7, 11) is 0. The van der Waals surface area contributed by atoms with Crippen molar-refractivity contribution in [2.24, 2.45) is 5.41 Å². The first-order valence-electron chi connectivity index (χ1n) is 9.91. The predicted molar refractivity (Wildman–Crippen MR) is 108 cm³/mol. The first-order valence-corrected chi connectivity index (χ1v) is 9.91. The van der Waals surface area contributed by atoms with E-state index in [1.807, 2.05) is 45.0 Å². The molecule has 0 aromatic heterocycles. The molecule has 1 aromatic carbocycles. The van der Waals surface area contributed by atoms with Crippen LogP contribution in [0.15, 0.2) is 24.3 Å². The quantitative estimate of drug-likeness (QED) is 0.708. The summed E-state index contributed by atoms with van der Waals surface area (Å²) in [5.74, 6) is 0.344. The maximum absolute atomic E-state index is 12.3. The van der Waals surface area contributed by atoms with Crippen molar-refractivity contribution in [2.75, 3.05) is 39.3 Å². The zero-order valence-electron chi connectivity index (χ0n) is 17.2. The Morgan fingerprint density at radius 3 is 2.37 bits per heavy atom. The number of rotatable bonds is 8. The molecule has 0 radical (unpaired) electrons. The van der Waals surface area contributed by atoms with E-state index >= 15 is 0 Å². The number of aliphatic hydroxyl groups is 1. The minimum absolute atomic E-state index is 0.102. The number of aryl methyl sites for hydroxylation is 1. The summed E-state index contributed by atoms with van der Waals surface area (Å²) >= 11 is 0. The minimum atomic E-state index is -0.356. The fraction of sp³-hybridized carbons (Fsp3) is 0.636. The van der Waals surface area contributed by atoms with Gasteiger partial charge in [-0.15, -0.1) is 0 Å². The van der Waals surface area contributed by atoms with E-state index in [4.69, 9.17) is 0 Å². The second-order valence-electron chi connectivity index (χ2n) is 8.69. The predicted octanol–water partition coefficient (Wildman–Crippen LogP) is 2.42. The van der Waals surface area contributed by atoms with Crippen LogP contribution in [-0.2, 0) is 11.2 Å². The summed E-state index contributed by atoms with van der Waals surface area (Å²) in [5, 5.41) is 9.69. The highest BCUT2D eigenvalue weighted by Gasteiger charge is 2.26. The van der Waals surface area contributed by atoms with Crippen LogP contribution in [0.4, 0.5) is 0 Å². The summed E-state index contributed by atoms with van der Waals surface area (Å²) in [6.07, 6.45) is 1.96. The number of benzene rings is 1. The Morgan fingerprint density at radius 2 is 1.81 bits per heavy atom. The first kappa shape index (κ1) is 21.7. The molecular weight excluding hydrogens is 340 g/mol. The van der Waals surface area contributed by atoms with Crippen molar-refractivity contribution in [1.29, 1.82) is 0 Å². The topological polar surface area (TPSA) is 60.9 Å². The number of ketones is 2. The van der Waals surface area contributed by atoms with E-state index in [1.54, 1.807) is 6.92 Å². The number of nitrogens with zero attached hydrogens (tertiary/aromatic N) is 2. The van der Waals surface area contributed by atoms with Crippen LogP contribution in [0.3, 0.4) is 0 Å². The smallest absolute Gasteiger partial charge is 0.168 e. The molecule has 2 rings (SSSR count). The van der Waals surface area contributed by atoms with Crippen LogP contribution < -0.4 is 0 Å². The standard InChI is InChI=1S/C22H34N2O3/c1-17(26)14-23-12-13-24(20(15-23)16-25)11-5-6-18-7-9-19(10-8-18)21(27)22(2,3)4/h7-10,20,25H,5-6,11-16H2,1-4H3/t20-/m1/s1. The Morgan fingerprint density at radius 1 is 1.15 bits per heavy atom. The Balaban J connectivity index is 1.82. The molecule has 1 heterocycles. The van der Waals surface area contributed by atoms with E-state index < -0.39 is 0 Å². The zero-order valence-corrected chi connectivity index (χ0v) is 17.2. The summed E-state index contributed by atoms with van der Waals surface area (Å²) in [4.78, 5) is 28.1. The van der Waals surface area contributed by atoms with Crippen LogP contribution in [0.25, 0.3) is 0 Å². The van der Waals surface area contributed by atoms with Crippen LogP contribution >= 0.6 is 0 Å². The number of piperazine rings is 1. The maximum Gasteiger partial charge on any atom is 0.168 e. The normalized spacial score (nSPS) is 19.2. The van der Waals surface area contributed by atoms with Gasteiger partial charge in [-0.05, 0) is 31.9 Å². The summed E-state index contributed by atoms with van der Waals surface area (Å²) in [6.45, 7) is 11.5. The van der Waals surface area contributed by atoms with E-state index in [9.17, 15) is 14.7 Å². The molecule has 0 unspecified atom stereocenters. The lowest BCUT2D eigenvalue weighted by Crippen LogP contribution is -2.55. The number of hydrogen-bond acceptors (Lipinski definition) is 5. The van der Waals surface area contributed by atoms with Gasteiger partial charge in [-0.2, -0.15) is 0 Å². The third-order valence-electron chi connectivity index (χ3n) is 5.15. The second kappa shape index (κ2) is 9.58. The molecule has 1 aliphatic heterocycles. The number of carbonyl (C=O) groups is 2. The van der Waals surface area contributed by atoms with Crippen LogP contribution in [-0.4, -0.2) is 71.8 Å². The molecule has 5 nitrogen and oxygen atoms in total. The minimum Gasteiger partial charge on any atom is -0.395 e. The molecule has 0 saturated carbocycles. The molecule has 5 heteroatoms. The Hall–Kier alpha value is -1.56. The molecule has 0 amide bonds. The Bertz CT molecular complexity index is 634. The number of hydrogen-bond donors (Lipinski definition) is 1. The average Bonchev–Trinajstić information content (AvgIpc) is 2.61.